The molecule has 1 heterocycles. The number of anilines is 6. The third-order valence-electron chi connectivity index (χ3n) is 12.8. The number of hydrogen-bond acceptors (Lipinski definition) is 4. The first-order valence-electron chi connectivity index (χ1n) is 21.5. The minimum absolute atomic E-state index is 0.458. The fourth-order valence-corrected chi connectivity index (χ4v) is 10.1. The lowest BCUT2D eigenvalue weighted by Crippen LogP contribution is -2.26. The molecule has 4 nitrogen and oxygen atoms in total. The van der Waals surface area contributed by atoms with Crippen molar-refractivity contribution in [3.63, 3.8) is 0 Å². The van der Waals surface area contributed by atoms with Crippen LogP contribution in [0.25, 0.3) is 44.8 Å². The van der Waals surface area contributed by atoms with Gasteiger partial charge in [-0.15, -0.1) is 0 Å². The van der Waals surface area contributed by atoms with E-state index in [0.717, 1.165) is 56.6 Å². The highest BCUT2D eigenvalue weighted by Gasteiger charge is 2.51. The lowest BCUT2D eigenvalue weighted by Gasteiger charge is -2.32. The highest BCUT2D eigenvalue weighted by Crippen LogP contribution is 2.63. The molecule has 1 aromatic heterocycles. The Morgan fingerprint density at radius 1 is 0.270 bits per heavy atom. The van der Waals surface area contributed by atoms with Crippen molar-refractivity contribution in [1.29, 1.82) is 0 Å². The van der Waals surface area contributed by atoms with Crippen LogP contribution >= 0.6 is 0 Å². The van der Waals surface area contributed by atoms with E-state index in [0.29, 0.717) is 0 Å². The smallest absolute Gasteiger partial charge is 0.0965 e. The molecule has 0 amide bonds. The molecule has 2 aliphatic carbocycles. The molecular formula is C59H40N4. The SMILES string of the molecule is c1ccc(-c2nccnc2-c2ccc(N(c3ccc(N(c4ccccc4)c4ccccc4)cc3)c3ccc4c(c3)C3(c5ccccc5-c5ccccc53)c3ccccc3-4)cc2)cc1. The summed E-state index contributed by atoms with van der Waals surface area (Å²) < 4.78 is 0. The first-order valence-corrected chi connectivity index (χ1v) is 21.5. The number of nitrogens with zero attached hydrogens (tertiary/aromatic N) is 4. The number of hydrogen-bond donors (Lipinski definition) is 0. The van der Waals surface area contributed by atoms with Crippen LogP contribution in [0.1, 0.15) is 22.3 Å². The molecule has 0 bridgehead atoms. The van der Waals surface area contributed by atoms with Crippen LogP contribution < -0.4 is 9.80 Å². The Morgan fingerprint density at radius 3 is 1.08 bits per heavy atom. The Kier molecular flexibility index (Phi) is 8.68. The summed E-state index contributed by atoms with van der Waals surface area (Å²) in [6, 6.07) is 83.2. The summed E-state index contributed by atoms with van der Waals surface area (Å²) in [5.41, 5.74) is 20.2. The topological polar surface area (TPSA) is 32.3 Å². The van der Waals surface area contributed by atoms with E-state index in [1.807, 2.05) is 18.2 Å². The van der Waals surface area contributed by atoms with Crippen molar-refractivity contribution in [3.8, 4) is 44.8 Å². The van der Waals surface area contributed by atoms with E-state index in [9.17, 15) is 0 Å². The molecule has 0 aliphatic heterocycles. The van der Waals surface area contributed by atoms with Gasteiger partial charge < -0.3 is 9.80 Å². The minimum Gasteiger partial charge on any atom is -0.311 e. The molecule has 0 N–H and O–H groups in total. The molecule has 0 unspecified atom stereocenters. The van der Waals surface area contributed by atoms with Crippen molar-refractivity contribution in [2.75, 3.05) is 9.80 Å². The zero-order chi connectivity index (χ0) is 41.7. The highest BCUT2D eigenvalue weighted by molar-refractivity contribution is 5.96. The van der Waals surface area contributed by atoms with Gasteiger partial charge in [-0.1, -0.05) is 158 Å². The zero-order valence-electron chi connectivity index (χ0n) is 34.4. The number of rotatable bonds is 8. The maximum atomic E-state index is 4.85. The van der Waals surface area contributed by atoms with Crippen LogP contribution in [0.5, 0.6) is 0 Å². The van der Waals surface area contributed by atoms with Gasteiger partial charge in [-0.25, -0.2) is 0 Å². The van der Waals surface area contributed by atoms with Crippen LogP contribution in [0.2, 0.25) is 0 Å². The number of fused-ring (bicyclic) bond motifs is 10. The lowest BCUT2D eigenvalue weighted by atomic mass is 9.70. The quantitative estimate of drug-likeness (QED) is 0.153. The molecular weight excluding hydrogens is 765 g/mol. The molecule has 0 atom stereocenters. The zero-order valence-corrected chi connectivity index (χ0v) is 34.4. The molecule has 2 aliphatic rings. The number of para-hydroxylation sites is 2. The molecule has 296 valence electrons. The summed E-state index contributed by atoms with van der Waals surface area (Å²) in [6.45, 7) is 0. The van der Waals surface area contributed by atoms with E-state index in [4.69, 9.17) is 9.97 Å². The number of aromatic nitrogens is 2. The van der Waals surface area contributed by atoms with Crippen molar-refractivity contribution in [1.82, 2.24) is 9.97 Å². The average Bonchev–Trinajstić information content (AvgIpc) is 3.83. The van der Waals surface area contributed by atoms with Gasteiger partial charge in [0, 0.05) is 57.6 Å². The Morgan fingerprint density at radius 2 is 0.603 bits per heavy atom. The van der Waals surface area contributed by atoms with E-state index < -0.39 is 5.41 Å². The molecule has 4 heteroatoms. The molecule has 0 saturated heterocycles. The second-order valence-electron chi connectivity index (χ2n) is 16.1. The summed E-state index contributed by atoms with van der Waals surface area (Å²) in [7, 11) is 0. The first kappa shape index (κ1) is 36.5. The van der Waals surface area contributed by atoms with Crippen LogP contribution in [0, 0.1) is 0 Å². The summed E-state index contributed by atoms with van der Waals surface area (Å²) in [6.07, 6.45) is 3.54. The van der Waals surface area contributed by atoms with Gasteiger partial charge in [0.1, 0.15) is 0 Å². The second kappa shape index (κ2) is 15.0. The molecule has 0 fully saturated rings. The lowest BCUT2D eigenvalue weighted by molar-refractivity contribution is 0.793. The van der Waals surface area contributed by atoms with Crippen LogP contribution in [0.3, 0.4) is 0 Å². The van der Waals surface area contributed by atoms with Crippen molar-refractivity contribution in [2.24, 2.45) is 0 Å². The Bertz CT molecular complexity index is 3170. The van der Waals surface area contributed by atoms with Crippen molar-refractivity contribution in [3.05, 3.63) is 265 Å². The summed E-state index contributed by atoms with van der Waals surface area (Å²) in [5, 5.41) is 0. The maximum Gasteiger partial charge on any atom is 0.0965 e. The van der Waals surface area contributed by atoms with E-state index in [1.54, 1.807) is 12.4 Å². The fraction of sp³-hybridized carbons (Fsp3) is 0.0169. The monoisotopic (exact) mass is 804 g/mol. The second-order valence-corrected chi connectivity index (χ2v) is 16.1. The van der Waals surface area contributed by atoms with Crippen molar-refractivity contribution >= 4 is 34.1 Å². The standard InChI is InChI=1S/C59H40N4/c1-4-16-41(17-5-1)57-58(61-39-38-60-57)42-28-30-45(31-29-42)63(47-34-32-46(33-35-47)62(43-18-6-2-7-19-43)44-20-8-3-9-21-44)48-36-37-52-51-24-12-15-27-55(51)59(56(52)40-48)53-25-13-10-22-49(53)50-23-11-14-26-54(50)59/h1-40H. The van der Waals surface area contributed by atoms with Gasteiger partial charge in [-0.05, 0) is 117 Å². The predicted octanol–water partition coefficient (Wildman–Crippen LogP) is 15.1. The normalized spacial score (nSPS) is 12.6. The van der Waals surface area contributed by atoms with Gasteiger partial charge in [0.2, 0.25) is 0 Å². The van der Waals surface area contributed by atoms with Gasteiger partial charge in [0.25, 0.3) is 0 Å². The molecule has 0 saturated carbocycles. The van der Waals surface area contributed by atoms with E-state index in [-0.39, 0.29) is 0 Å². The largest absolute Gasteiger partial charge is 0.311 e. The summed E-state index contributed by atoms with van der Waals surface area (Å²) in [4.78, 5) is 14.3. The minimum atomic E-state index is -0.458. The molecule has 10 aromatic rings. The molecule has 12 rings (SSSR count). The van der Waals surface area contributed by atoms with Gasteiger partial charge >= 0.3 is 0 Å². The molecule has 9 aromatic carbocycles. The van der Waals surface area contributed by atoms with Crippen LogP contribution in [0.4, 0.5) is 34.1 Å². The Balaban J connectivity index is 1.04. The van der Waals surface area contributed by atoms with Gasteiger partial charge in [0.15, 0.2) is 0 Å². The summed E-state index contributed by atoms with van der Waals surface area (Å²) >= 11 is 0. The Labute approximate surface area is 367 Å². The predicted molar refractivity (Wildman–Crippen MR) is 259 cm³/mol. The molecule has 1 spiro atoms. The third-order valence-corrected chi connectivity index (χ3v) is 12.8. The number of benzene rings is 9. The van der Waals surface area contributed by atoms with E-state index >= 15 is 0 Å². The summed E-state index contributed by atoms with van der Waals surface area (Å²) in [5.74, 6) is 0. The van der Waals surface area contributed by atoms with Gasteiger partial charge in [-0.2, -0.15) is 0 Å². The van der Waals surface area contributed by atoms with Gasteiger partial charge in [0.05, 0.1) is 16.8 Å². The fourth-order valence-electron chi connectivity index (χ4n) is 10.1. The van der Waals surface area contributed by atoms with E-state index in [1.165, 1.54) is 44.5 Å². The Hall–Kier alpha value is -8.34. The van der Waals surface area contributed by atoms with Gasteiger partial charge in [-0.3, -0.25) is 9.97 Å². The maximum absolute atomic E-state index is 4.85. The van der Waals surface area contributed by atoms with E-state index in [2.05, 4.69) is 222 Å². The van der Waals surface area contributed by atoms with Crippen LogP contribution in [0.15, 0.2) is 243 Å². The average molecular weight is 805 g/mol. The van der Waals surface area contributed by atoms with Crippen molar-refractivity contribution in [2.45, 2.75) is 5.41 Å². The van der Waals surface area contributed by atoms with Crippen LogP contribution in [-0.4, -0.2) is 9.97 Å². The van der Waals surface area contributed by atoms with Crippen LogP contribution in [-0.2, 0) is 5.41 Å². The molecule has 0 radical (unpaired) electrons. The third kappa shape index (κ3) is 5.84. The highest BCUT2D eigenvalue weighted by atomic mass is 15.2. The molecule has 63 heavy (non-hydrogen) atoms. The van der Waals surface area contributed by atoms with Crippen molar-refractivity contribution < 1.29 is 0 Å². The first-order chi connectivity index (χ1) is 31.3.